The Morgan fingerprint density at radius 2 is 1.41 bits per heavy atom. The van der Waals surface area contributed by atoms with Crippen LogP contribution in [0.1, 0.15) is 32.4 Å². The fraction of sp³-hybridized carbons (Fsp3) is 0.333. The van der Waals surface area contributed by atoms with E-state index in [4.69, 9.17) is 18.7 Å². The van der Waals surface area contributed by atoms with Crippen molar-refractivity contribution in [2.24, 2.45) is 0 Å². The number of amides is 2. The number of carbonyl (C=O) groups is 2. The molecule has 1 saturated heterocycles. The third-order valence-electron chi connectivity index (χ3n) is 5.49. The van der Waals surface area contributed by atoms with E-state index >= 15 is 0 Å². The lowest BCUT2D eigenvalue weighted by Gasteiger charge is -2.35. The van der Waals surface area contributed by atoms with Crippen LogP contribution in [-0.2, 0) is 6.61 Å². The topological polar surface area (TPSA) is 107 Å². The van der Waals surface area contributed by atoms with Gasteiger partial charge in [-0.25, -0.2) is 0 Å². The van der Waals surface area contributed by atoms with Crippen molar-refractivity contribution in [2.75, 3.05) is 40.4 Å². The van der Waals surface area contributed by atoms with Crippen LogP contribution in [0, 0.1) is 6.92 Å². The van der Waals surface area contributed by atoms with E-state index in [1.165, 1.54) is 0 Å². The summed E-state index contributed by atoms with van der Waals surface area (Å²) in [5.41, 5.74) is 1.04. The zero-order chi connectivity index (χ0) is 24.1. The maximum absolute atomic E-state index is 13.0. The van der Waals surface area contributed by atoms with Crippen LogP contribution in [0.5, 0.6) is 17.2 Å². The average molecular weight is 466 g/mol. The van der Waals surface area contributed by atoms with Crippen LogP contribution in [0.3, 0.4) is 0 Å². The van der Waals surface area contributed by atoms with Gasteiger partial charge in [0.1, 0.15) is 17.2 Å². The molecule has 2 aromatic carbocycles. The summed E-state index contributed by atoms with van der Waals surface area (Å²) < 4.78 is 21.1. The molecule has 2 amide bonds. The van der Waals surface area contributed by atoms with Crippen LogP contribution in [0.2, 0.25) is 0 Å². The Hall–Kier alpha value is -4.08. The van der Waals surface area contributed by atoms with E-state index in [0.29, 0.717) is 66.3 Å². The molecule has 1 aliphatic rings. The van der Waals surface area contributed by atoms with Gasteiger partial charge in [-0.3, -0.25) is 9.59 Å². The predicted molar refractivity (Wildman–Crippen MR) is 121 cm³/mol. The molecule has 4 rings (SSSR count). The minimum Gasteiger partial charge on any atom is -0.497 e. The van der Waals surface area contributed by atoms with Crippen LogP contribution in [0.4, 0.5) is 0 Å². The minimum absolute atomic E-state index is 0.0875. The van der Waals surface area contributed by atoms with Gasteiger partial charge in [-0.2, -0.15) is 4.98 Å². The highest BCUT2D eigenvalue weighted by Gasteiger charge is 2.26. The normalized spacial score (nSPS) is 13.5. The number of hydrogen-bond donors (Lipinski definition) is 0. The van der Waals surface area contributed by atoms with Gasteiger partial charge >= 0.3 is 0 Å². The number of ether oxygens (including phenoxy) is 3. The molecule has 10 nitrogen and oxygen atoms in total. The van der Waals surface area contributed by atoms with Crippen molar-refractivity contribution in [1.82, 2.24) is 19.9 Å². The molecule has 3 aromatic rings. The summed E-state index contributed by atoms with van der Waals surface area (Å²) in [6.45, 7) is 3.66. The van der Waals surface area contributed by atoms with Gasteiger partial charge in [0.05, 0.1) is 14.2 Å². The third kappa shape index (κ3) is 5.28. The van der Waals surface area contributed by atoms with Gasteiger partial charge in [0.15, 0.2) is 6.61 Å². The second kappa shape index (κ2) is 10.2. The highest BCUT2D eigenvalue weighted by atomic mass is 16.5. The van der Waals surface area contributed by atoms with Crippen LogP contribution in [-0.4, -0.2) is 72.2 Å². The van der Waals surface area contributed by atoms with Gasteiger partial charge < -0.3 is 28.5 Å². The Balaban J connectivity index is 1.32. The molecule has 0 bridgehead atoms. The van der Waals surface area contributed by atoms with E-state index in [2.05, 4.69) is 10.1 Å². The molecule has 2 heterocycles. The minimum atomic E-state index is -0.123. The molecular weight excluding hydrogens is 440 g/mol. The first-order valence-corrected chi connectivity index (χ1v) is 10.8. The molecule has 10 heteroatoms. The van der Waals surface area contributed by atoms with Crippen molar-refractivity contribution in [3.63, 3.8) is 0 Å². The molecule has 0 atom stereocenters. The van der Waals surface area contributed by atoms with Crippen LogP contribution >= 0.6 is 0 Å². The maximum atomic E-state index is 13.0. The monoisotopic (exact) mass is 466 g/mol. The molecule has 0 N–H and O–H groups in total. The lowest BCUT2D eigenvalue weighted by Crippen LogP contribution is -2.50. The molecule has 0 unspecified atom stereocenters. The Morgan fingerprint density at radius 1 is 0.853 bits per heavy atom. The summed E-state index contributed by atoms with van der Waals surface area (Å²) in [7, 11) is 3.08. The largest absolute Gasteiger partial charge is 0.497 e. The summed E-state index contributed by atoms with van der Waals surface area (Å²) in [5, 5.41) is 3.78. The summed E-state index contributed by atoms with van der Waals surface area (Å²) in [6, 6.07) is 12.0. The number of piperazine rings is 1. The molecule has 1 aliphatic heterocycles. The maximum Gasteiger partial charge on any atom is 0.254 e. The Bertz CT molecular complexity index is 1130. The van der Waals surface area contributed by atoms with E-state index in [9.17, 15) is 9.59 Å². The average Bonchev–Trinajstić information content (AvgIpc) is 3.31. The first kappa shape index (κ1) is 23.1. The lowest BCUT2D eigenvalue weighted by molar-refractivity contribution is 0.0535. The van der Waals surface area contributed by atoms with Crippen molar-refractivity contribution in [1.29, 1.82) is 0 Å². The molecule has 1 fully saturated rings. The number of aromatic nitrogens is 2. The third-order valence-corrected chi connectivity index (χ3v) is 5.49. The van der Waals surface area contributed by atoms with E-state index in [-0.39, 0.29) is 18.4 Å². The summed E-state index contributed by atoms with van der Waals surface area (Å²) in [5.74, 6) is 2.43. The van der Waals surface area contributed by atoms with Gasteiger partial charge in [-0.15, -0.1) is 0 Å². The fourth-order valence-corrected chi connectivity index (χ4v) is 3.65. The van der Waals surface area contributed by atoms with E-state index < -0.39 is 0 Å². The fourth-order valence-electron chi connectivity index (χ4n) is 3.65. The number of carbonyl (C=O) groups excluding carboxylic acids is 2. The Labute approximate surface area is 197 Å². The van der Waals surface area contributed by atoms with Gasteiger partial charge in [-0.1, -0.05) is 5.16 Å². The number of nitrogens with zero attached hydrogens (tertiary/aromatic N) is 4. The molecule has 0 aliphatic carbocycles. The Morgan fingerprint density at radius 3 is 1.91 bits per heavy atom. The van der Waals surface area contributed by atoms with Crippen molar-refractivity contribution in [3.05, 3.63) is 65.3 Å². The quantitative estimate of drug-likeness (QED) is 0.523. The molecule has 0 radical (unpaired) electrons. The first-order chi connectivity index (χ1) is 16.5. The molecule has 0 saturated carbocycles. The smallest absolute Gasteiger partial charge is 0.254 e. The zero-order valence-corrected chi connectivity index (χ0v) is 19.3. The molecule has 178 valence electrons. The van der Waals surface area contributed by atoms with Crippen molar-refractivity contribution in [2.45, 2.75) is 13.5 Å². The molecule has 34 heavy (non-hydrogen) atoms. The summed E-state index contributed by atoms with van der Waals surface area (Å²) in [6.07, 6.45) is 0. The molecule has 0 spiro atoms. The molecular formula is C24H26N4O6. The SMILES string of the molecule is COc1cc(OC)cc(C(=O)N2CCN(C(=O)c3ccc(OCc4noc(C)n4)cc3)CC2)c1. The first-order valence-electron chi connectivity index (χ1n) is 10.8. The van der Waals surface area contributed by atoms with E-state index in [0.717, 1.165) is 0 Å². The summed E-state index contributed by atoms with van der Waals surface area (Å²) in [4.78, 5) is 33.4. The lowest BCUT2D eigenvalue weighted by atomic mass is 10.1. The van der Waals surface area contributed by atoms with Crippen LogP contribution in [0.25, 0.3) is 0 Å². The van der Waals surface area contributed by atoms with Crippen LogP contribution in [0.15, 0.2) is 47.0 Å². The number of methoxy groups -OCH3 is 2. The highest BCUT2D eigenvalue weighted by Crippen LogP contribution is 2.24. The van der Waals surface area contributed by atoms with Gasteiger partial charge in [0.25, 0.3) is 11.8 Å². The molecule has 1 aromatic heterocycles. The van der Waals surface area contributed by atoms with Gasteiger partial charge in [0.2, 0.25) is 11.7 Å². The highest BCUT2D eigenvalue weighted by molar-refractivity contribution is 5.96. The van der Waals surface area contributed by atoms with Crippen LogP contribution < -0.4 is 14.2 Å². The standard InChI is InChI=1S/C24H26N4O6/c1-16-25-22(26-34-16)15-33-19-6-4-17(5-7-19)23(29)27-8-10-28(11-9-27)24(30)18-12-20(31-2)14-21(13-18)32-3/h4-7,12-14H,8-11,15H2,1-3H3. The second-order valence-corrected chi connectivity index (χ2v) is 7.73. The number of benzene rings is 2. The van der Waals surface area contributed by atoms with E-state index in [1.807, 2.05) is 0 Å². The Kier molecular flexibility index (Phi) is 6.95. The number of rotatable bonds is 7. The van der Waals surface area contributed by atoms with Crippen molar-refractivity contribution >= 4 is 11.8 Å². The second-order valence-electron chi connectivity index (χ2n) is 7.73. The number of aryl methyl sites for hydroxylation is 1. The van der Waals surface area contributed by atoms with Gasteiger partial charge in [-0.05, 0) is 36.4 Å². The summed E-state index contributed by atoms with van der Waals surface area (Å²) >= 11 is 0. The van der Waals surface area contributed by atoms with Crippen molar-refractivity contribution in [3.8, 4) is 17.2 Å². The van der Waals surface area contributed by atoms with E-state index in [1.54, 1.807) is 73.4 Å². The zero-order valence-electron chi connectivity index (χ0n) is 19.3. The van der Waals surface area contributed by atoms with Crippen molar-refractivity contribution < 1.29 is 28.3 Å². The predicted octanol–water partition coefficient (Wildman–Crippen LogP) is 2.57. The number of hydrogen-bond acceptors (Lipinski definition) is 8. The van der Waals surface area contributed by atoms with Gasteiger partial charge in [0, 0.05) is 50.3 Å².